The number of allylic oxidation sites excluding steroid dienone is 2. The Kier molecular flexibility index (Phi) is 3.08. The highest BCUT2D eigenvalue weighted by Gasteiger charge is 2.41. The van der Waals surface area contributed by atoms with Crippen LogP contribution in [0.2, 0.25) is 0 Å². The normalized spacial score (nSPS) is 24.2. The molecule has 1 aromatic carbocycles. The number of dihydropyridines is 1. The van der Waals surface area contributed by atoms with E-state index in [1.54, 1.807) is 0 Å². The lowest BCUT2D eigenvalue weighted by molar-refractivity contribution is -0.125. The predicted molar refractivity (Wildman–Crippen MR) is 92.7 cm³/mol. The minimum Gasteiger partial charge on any atom is -0.381 e. The summed E-state index contributed by atoms with van der Waals surface area (Å²) in [5, 5.41) is 7.67. The number of nitrogens with zero attached hydrogens (tertiary/aromatic N) is 1. The average molecular weight is 307 g/mol. The van der Waals surface area contributed by atoms with Crippen LogP contribution >= 0.6 is 0 Å². The molecule has 0 unspecified atom stereocenters. The molecule has 0 aliphatic carbocycles. The third-order valence-corrected chi connectivity index (χ3v) is 5.24. The maximum absolute atomic E-state index is 12.1. The quantitative estimate of drug-likeness (QED) is 0.896. The van der Waals surface area contributed by atoms with Crippen molar-refractivity contribution in [3.8, 4) is 0 Å². The molecular formula is C19H21N3O. The Hall–Kier alpha value is -2.49. The predicted octanol–water partition coefficient (Wildman–Crippen LogP) is 2.58. The van der Waals surface area contributed by atoms with E-state index in [-0.39, 0.29) is 11.3 Å². The molecule has 1 aromatic heterocycles. The number of aromatic nitrogens is 1. The number of nitrogens with one attached hydrogen (secondary N) is 2. The summed E-state index contributed by atoms with van der Waals surface area (Å²) in [7, 11) is 2.06. The molecule has 1 fully saturated rings. The van der Waals surface area contributed by atoms with Gasteiger partial charge in [0, 0.05) is 42.9 Å². The van der Waals surface area contributed by atoms with Gasteiger partial charge in [-0.15, -0.1) is 0 Å². The molecule has 4 rings (SSSR count). The number of fused-ring (bicyclic) bond motifs is 1. The average Bonchev–Trinajstić information content (AvgIpc) is 3.11. The zero-order valence-corrected chi connectivity index (χ0v) is 13.5. The van der Waals surface area contributed by atoms with Crippen LogP contribution in [-0.4, -0.2) is 23.6 Å². The molecule has 1 amide bonds. The Morgan fingerprint density at radius 2 is 2.04 bits per heavy atom. The fourth-order valence-corrected chi connectivity index (χ4v) is 3.56. The molecule has 2 aliphatic heterocycles. The maximum atomic E-state index is 12.1. The van der Waals surface area contributed by atoms with Crippen molar-refractivity contribution in [2.24, 2.45) is 12.5 Å². The highest BCUT2D eigenvalue weighted by Crippen LogP contribution is 2.36. The first-order valence-electron chi connectivity index (χ1n) is 8.07. The van der Waals surface area contributed by atoms with Gasteiger partial charge in [-0.1, -0.05) is 12.1 Å². The molecule has 0 saturated carbocycles. The van der Waals surface area contributed by atoms with Crippen LogP contribution in [0.5, 0.6) is 0 Å². The van der Waals surface area contributed by atoms with Gasteiger partial charge in [0.1, 0.15) is 0 Å². The van der Waals surface area contributed by atoms with Gasteiger partial charge in [0.15, 0.2) is 0 Å². The van der Waals surface area contributed by atoms with Gasteiger partial charge in [-0.05, 0) is 48.8 Å². The SMILES string of the molecule is Cn1ccc2cc(C3=CC=C([C@@]4(C)CCNC4=O)CN3)ccc21. The fraction of sp³-hybridized carbons (Fsp3) is 0.316. The molecule has 1 saturated heterocycles. The van der Waals surface area contributed by atoms with E-state index >= 15 is 0 Å². The van der Waals surface area contributed by atoms with Crippen molar-refractivity contribution in [3.05, 3.63) is 53.8 Å². The second kappa shape index (κ2) is 5.01. The number of rotatable bonds is 2. The van der Waals surface area contributed by atoms with E-state index < -0.39 is 0 Å². The molecule has 3 heterocycles. The lowest BCUT2D eigenvalue weighted by Gasteiger charge is -2.28. The first-order valence-corrected chi connectivity index (χ1v) is 8.07. The molecule has 4 heteroatoms. The Balaban J connectivity index is 1.66. The number of amides is 1. The fourth-order valence-electron chi connectivity index (χ4n) is 3.56. The van der Waals surface area contributed by atoms with Crippen LogP contribution in [-0.2, 0) is 11.8 Å². The lowest BCUT2D eigenvalue weighted by Crippen LogP contribution is -2.35. The van der Waals surface area contributed by atoms with E-state index in [0.717, 1.165) is 30.8 Å². The van der Waals surface area contributed by atoms with Crippen molar-refractivity contribution in [1.82, 2.24) is 15.2 Å². The minimum atomic E-state index is -0.363. The molecule has 4 nitrogen and oxygen atoms in total. The van der Waals surface area contributed by atoms with Crippen molar-refractivity contribution in [1.29, 1.82) is 0 Å². The summed E-state index contributed by atoms with van der Waals surface area (Å²) in [6.07, 6.45) is 7.17. The van der Waals surface area contributed by atoms with Gasteiger partial charge in [0.25, 0.3) is 0 Å². The third kappa shape index (κ3) is 2.17. The number of carbonyl (C=O) groups is 1. The minimum absolute atomic E-state index is 0.146. The number of carbonyl (C=O) groups excluding carboxylic acids is 1. The van der Waals surface area contributed by atoms with Crippen LogP contribution in [0.3, 0.4) is 0 Å². The van der Waals surface area contributed by atoms with Gasteiger partial charge >= 0.3 is 0 Å². The molecule has 2 N–H and O–H groups in total. The summed E-state index contributed by atoms with van der Waals surface area (Å²) in [6, 6.07) is 8.63. The molecule has 0 radical (unpaired) electrons. The van der Waals surface area contributed by atoms with Gasteiger partial charge in [-0.3, -0.25) is 4.79 Å². The van der Waals surface area contributed by atoms with Crippen LogP contribution < -0.4 is 10.6 Å². The Morgan fingerprint density at radius 3 is 2.74 bits per heavy atom. The first kappa shape index (κ1) is 14.1. The van der Waals surface area contributed by atoms with Crippen LogP contribution in [0.1, 0.15) is 18.9 Å². The summed E-state index contributed by atoms with van der Waals surface area (Å²) < 4.78 is 2.12. The van der Waals surface area contributed by atoms with E-state index in [0.29, 0.717) is 0 Å². The van der Waals surface area contributed by atoms with Gasteiger partial charge in [-0.25, -0.2) is 0 Å². The summed E-state index contributed by atoms with van der Waals surface area (Å²) in [5.41, 5.74) is 4.33. The maximum Gasteiger partial charge on any atom is 0.230 e. The van der Waals surface area contributed by atoms with Crippen LogP contribution in [0.4, 0.5) is 0 Å². The van der Waals surface area contributed by atoms with Gasteiger partial charge in [0.05, 0.1) is 5.41 Å². The van der Waals surface area contributed by atoms with E-state index in [1.165, 1.54) is 16.5 Å². The smallest absolute Gasteiger partial charge is 0.230 e. The van der Waals surface area contributed by atoms with Crippen molar-refractivity contribution < 1.29 is 4.79 Å². The standard InChI is InChI=1S/C19H21N3O/c1-19(8-9-20-18(19)23)15-4-5-16(21-12-15)13-3-6-17-14(11-13)7-10-22(17)2/h3-7,10-11,21H,8-9,12H2,1-2H3,(H,20,23)/t19-/m1/s1. The highest BCUT2D eigenvalue weighted by atomic mass is 16.2. The third-order valence-electron chi connectivity index (χ3n) is 5.24. The molecule has 1 atom stereocenters. The van der Waals surface area contributed by atoms with Crippen molar-refractivity contribution >= 4 is 22.5 Å². The van der Waals surface area contributed by atoms with Gasteiger partial charge in [0.2, 0.25) is 5.91 Å². The van der Waals surface area contributed by atoms with Gasteiger partial charge < -0.3 is 15.2 Å². The van der Waals surface area contributed by atoms with E-state index in [1.807, 2.05) is 6.92 Å². The van der Waals surface area contributed by atoms with E-state index in [2.05, 4.69) is 64.9 Å². The summed E-state index contributed by atoms with van der Waals surface area (Å²) >= 11 is 0. The van der Waals surface area contributed by atoms with Crippen molar-refractivity contribution in [3.63, 3.8) is 0 Å². The molecular weight excluding hydrogens is 286 g/mol. The number of aryl methyl sites for hydroxylation is 1. The van der Waals surface area contributed by atoms with Crippen LogP contribution in [0.15, 0.2) is 48.2 Å². The van der Waals surface area contributed by atoms with Crippen LogP contribution in [0, 0.1) is 5.41 Å². The van der Waals surface area contributed by atoms with E-state index in [9.17, 15) is 4.79 Å². The van der Waals surface area contributed by atoms with Crippen LogP contribution in [0.25, 0.3) is 16.6 Å². The molecule has 118 valence electrons. The second-order valence-electron chi connectivity index (χ2n) is 6.66. The van der Waals surface area contributed by atoms with Gasteiger partial charge in [-0.2, -0.15) is 0 Å². The summed E-state index contributed by atoms with van der Waals surface area (Å²) in [6.45, 7) is 3.54. The van der Waals surface area contributed by atoms with Crippen molar-refractivity contribution in [2.75, 3.05) is 13.1 Å². The Bertz CT molecular complexity index is 859. The van der Waals surface area contributed by atoms with E-state index in [4.69, 9.17) is 0 Å². The molecule has 0 spiro atoms. The molecule has 2 aromatic rings. The second-order valence-corrected chi connectivity index (χ2v) is 6.66. The molecule has 23 heavy (non-hydrogen) atoms. The highest BCUT2D eigenvalue weighted by molar-refractivity contribution is 5.88. The monoisotopic (exact) mass is 307 g/mol. The first-order chi connectivity index (χ1) is 11.1. The topological polar surface area (TPSA) is 46.1 Å². The number of hydrogen-bond acceptors (Lipinski definition) is 2. The Morgan fingerprint density at radius 1 is 1.17 bits per heavy atom. The zero-order valence-electron chi connectivity index (χ0n) is 13.5. The summed E-state index contributed by atoms with van der Waals surface area (Å²) in [4.78, 5) is 12.1. The van der Waals surface area contributed by atoms with Crippen molar-refractivity contribution in [2.45, 2.75) is 13.3 Å². The lowest BCUT2D eigenvalue weighted by atomic mass is 9.79. The largest absolute Gasteiger partial charge is 0.381 e. The Labute approximate surface area is 135 Å². The number of benzene rings is 1. The molecule has 2 aliphatic rings. The molecule has 0 bridgehead atoms. The zero-order chi connectivity index (χ0) is 16.0. The number of hydrogen-bond donors (Lipinski definition) is 2. The summed E-state index contributed by atoms with van der Waals surface area (Å²) in [5.74, 6) is 0.146.